The number of nitrogens with zero attached hydrogens (tertiary/aromatic N) is 2. The third-order valence-electron chi connectivity index (χ3n) is 2.95. The van der Waals surface area contributed by atoms with Crippen molar-refractivity contribution in [1.82, 2.24) is 9.97 Å². The van der Waals surface area contributed by atoms with Gasteiger partial charge >= 0.3 is 0 Å². The van der Waals surface area contributed by atoms with Crippen LogP contribution in [0.15, 0.2) is 36.7 Å². The SMILES string of the molecule is Cc1ccncc1NC(=O)c1ccc2nc(N)sc2c1. The van der Waals surface area contributed by atoms with Gasteiger partial charge in [0.15, 0.2) is 5.13 Å². The number of aromatic nitrogens is 2. The largest absolute Gasteiger partial charge is 0.375 e. The molecular weight excluding hydrogens is 272 g/mol. The maximum absolute atomic E-state index is 12.2. The normalized spacial score (nSPS) is 10.7. The number of carbonyl (C=O) groups is 1. The molecule has 0 bridgehead atoms. The van der Waals surface area contributed by atoms with Gasteiger partial charge < -0.3 is 11.1 Å². The Morgan fingerprint density at radius 3 is 3.00 bits per heavy atom. The van der Waals surface area contributed by atoms with Gasteiger partial charge in [-0.05, 0) is 36.8 Å². The lowest BCUT2D eigenvalue weighted by atomic mass is 10.2. The van der Waals surface area contributed by atoms with E-state index in [1.807, 2.05) is 13.0 Å². The molecule has 0 aliphatic rings. The summed E-state index contributed by atoms with van der Waals surface area (Å²) in [4.78, 5) is 20.4. The minimum Gasteiger partial charge on any atom is -0.375 e. The standard InChI is InChI=1S/C14H12N4OS/c1-8-4-5-16-7-11(8)17-13(19)9-2-3-10-12(6-9)20-14(15)18-10/h2-7H,1H3,(H2,15,18)(H,17,19). The summed E-state index contributed by atoms with van der Waals surface area (Å²) < 4.78 is 0.901. The van der Waals surface area contributed by atoms with E-state index in [4.69, 9.17) is 5.73 Å². The maximum Gasteiger partial charge on any atom is 0.255 e. The van der Waals surface area contributed by atoms with Crippen LogP contribution in [0, 0.1) is 6.92 Å². The first-order valence-corrected chi connectivity index (χ1v) is 6.83. The molecule has 3 aromatic rings. The maximum atomic E-state index is 12.2. The zero-order valence-corrected chi connectivity index (χ0v) is 11.6. The van der Waals surface area contributed by atoms with Crippen LogP contribution in [0.3, 0.4) is 0 Å². The van der Waals surface area contributed by atoms with Gasteiger partial charge in [-0.2, -0.15) is 0 Å². The highest BCUT2D eigenvalue weighted by Gasteiger charge is 2.10. The average molecular weight is 284 g/mol. The number of hydrogen-bond donors (Lipinski definition) is 2. The van der Waals surface area contributed by atoms with Gasteiger partial charge in [-0.25, -0.2) is 4.98 Å². The van der Waals surface area contributed by atoms with E-state index in [0.717, 1.165) is 15.8 Å². The van der Waals surface area contributed by atoms with E-state index in [1.54, 1.807) is 30.6 Å². The Bertz CT molecular complexity index is 797. The molecule has 3 N–H and O–H groups in total. The van der Waals surface area contributed by atoms with Gasteiger partial charge in [0.05, 0.1) is 22.1 Å². The van der Waals surface area contributed by atoms with Gasteiger partial charge in [-0.15, -0.1) is 0 Å². The Balaban J connectivity index is 1.90. The van der Waals surface area contributed by atoms with Crippen LogP contribution in [-0.2, 0) is 0 Å². The molecule has 0 aliphatic carbocycles. The molecule has 0 saturated heterocycles. The van der Waals surface area contributed by atoms with Crippen molar-refractivity contribution in [3.05, 3.63) is 47.8 Å². The Labute approximate surface area is 119 Å². The first kappa shape index (κ1) is 12.6. The van der Waals surface area contributed by atoms with Crippen molar-refractivity contribution >= 4 is 38.3 Å². The highest BCUT2D eigenvalue weighted by atomic mass is 32.1. The molecule has 0 spiro atoms. The van der Waals surface area contributed by atoms with Gasteiger partial charge in [0, 0.05) is 11.8 Å². The number of fused-ring (bicyclic) bond motifs is 1. The lowest BCUT2D eigenvalue weighted by molar-refractivity contribution is 0.102. The number of nitrogens with two attached hydrogens (primary N) is 1. The van der Waals surface area contributed by atoms with Gasteiger partial charge in [-0.1, -0.05) is 11.3 Å². The molecule has 3 rings (SSSR count). The quantitative estimate of drug-likeness (QED) is 0.758. The number of pyridine rings is 1. The fourth-order valence-electron chi connectivity index (χ4n) is 1.87. The Hall–Kier alpha value is -2.47. The second kappa shape index (κ2) is 4.90. The van der Waals surface area contributed by atoms with E-state index in [1.165, 1.54) is 11.3 Å². The smallest absolute Gasteiger partial charge is 0.255 e. The molecule has 1 amide bonds. The van der Waals surface area contributed by atoms with Crippen molar-refractivity contribution < 1.29 is 4.79 Å². The summed E-state index contributed by atoms with van der Waals surface area (Å²) in [5.41, 5.74) is 8.72. The van der Waals surface area contributed by atoms with Gasteiger partial charge in [0.2, 0.25) is 0 Å². The van der Waals surface area contributed by atoms with E-state index in [-0.39, 0.29) is 5.91 Å². The predicted octanol–water partition coefficient (Wildman–Crippen LogP) is 2.83. The van der Waals surface area contributed by atoms with E-state index < -0.39 is 0 Å². The summed E-state index contributed by atoms with van der Waals surface area (Å²) >= 11 is 1.37. The van der Waals surface area contributed by atoms with Crippen molar-refractivity contribution in [2.24, 2.45) is 0 Å². The Kier molecular flexibility index (Phi) is 3.08. The molecule has 0 aliphatic heterocycles. The topological polar surface area (TPSA) is 80.9 Å². The van der Waals surface area contributed by atoms with Crippen LogP contribution < -0.4 is 11.1 Å². The second-order valence-electron chi connectivity index (χ2n) is 4.38. The van der Waals surface area contributed by atoms with Gasteiger partial charge in [-0.3, -0.25) is 9.78 Å². The zero-order chi connectivity index (χ0) is 14.1. The minimum absolute atomic E-state index is 0.171. The van der Waals surface area contributed by atoms with Crippen molar-refractivity contribution in [3.63, 3.8) is 0 Å². The van der Waals surface area contributed by atoms with Crippen LogP contribution in [0.25, 0.3) is 10.2 Å². The fourth-order valence-corrected chi connectivity index (χ4v) is 2.65. The van der Waals surface area contributed by atoms with Crippen LogP contribution in [0.5, 0.6) is 0 Å². The number of rotatable bonds is 2. The summed E-state index contributed by atoms with van der Waals surface area (Å²) in [5, 5.41) is 3.35. The molecular formula is C14H12N4OS. The predicted molar refractivity (Wildman–Crippen MR) is 81.0 cm³/mol. The number of aryl methyl sites for hydroxylation is 1. The lowest BCUT2D eigenvalue weighted by Gasteiger charge is -2.07. The first-order chi connectivity index (χ1) is 9.63. The number of carbonyl (C=O) groups excluding carboxylic acids is 1. The summed E-state index contributed by atoms with van der Waals surface area (Å²) in [6, 6.07) is 7.18. The van der Waals surface area contributed by atoms with E-state index in [2.05, 4.69) is 15.3 Å². The van der Waals surface area contributed by atoms with E-state index in [0.29, 0.717) is 16.4 Å². The molecule has 0 saturated carbocycles. The third kappa shape index (κ3) is 2.33. The van der Waals surface area contributed by atoms with Crippen molar-refractivity contribution in [2.45, 2.75) is 6.92 Å². The Morgan fingerprint density at radius 2 is 2.20 bits per heavy atom. The van der Waals surface area contributed by atoms with Crippen molar-refractivity contribution in [2.75, 3.05) is 11.1 Å². The molecule has 0 fully saturated rings. The second-order valence-corrected chi connectivity index (χ2v) is 5.44. The van der Waals surface area contributed by atoms with Gasteiger partial charge in [0.1, 0.15) is 0 Å². The summed E-state index contributed by atoms with van der Waals surface area (Å²) in [7, 11) is 0. The van der Waals surface area contributed by atoms with E-state index >= 15 is 0 Å². The lowest BCUT2D eigenvalue weighted by Crippen LogP contribution is -2.12. The van der Waals surface area contributed by atoms with E-state index in [9.17, 15) is 4.79 Å². The summed E-state index contributed by atoms with van der Waals surface area (Å²) in [6.45, 7) is 1.92. The number of amides is 1. The van der Waals surface area contributed by atoms with Crippen LogP contribution >= 0.6 is 11.3 Å². The number of benzene rings is 1. The number of anilines is 2. The molecule has 6 heteroatoms. The molecule has 0 unspecified atom stereocenters. The fraction of sp³-hybridized carbons (Fsp3) is 0.0714. The molecule has 20 heavy (non-hydrogen) atoms. The summed E-state index contributed by atoms with van der Waals surface area (Å²) in [6.07, 6.45) is 3.33. The van der Waals surface area contributed by atoms with Gasteiger partial charge in [0.25, 0.3) is 5.91 Å². The molecule has 1 aromatic carbocycles. The van der Waals surface area contributed by atoms with Crippen LogP contribution in [0.1, 0.15) is 15.9 Å². The highest BCUT2D eigenvalue weighted by Crippen LogP contribution is 2.25. The van der Waals surface area contributed by atoms with Crippen LogP contribution in [0.4, 0.5) is 10.8 Å². The Morgan fingerprint density at radius 1 is 1.35 bits per heavy atom. The average Bonchev–Trinajstić information content (AvgIpc) is 2.80. The molecule has 2 heterocycles. The zero-order valence-electron chi connectivity index (χ0n) is 10.8. The molecule has 0 radical (unpaired) electrons. The molecule has 2 aromatic heterocycles. The summed E-state index contributed by atoms with van der Waals surface area (Å²) in [5.74, 6) is -0.171. The van der Waals surface area contributed by atoms with Crippen molar-refractivity contribution in [1.29, 1.82) is 0 Å². The monoisotopic (exact) mass is 284 g/mol. The van der Waals surface area contributed by atoms with Crippen molar-refractivity contribution in [3.8, 4) is 0 Å². The van der Waals surface area contributed by atoms with Crippen LogP contribution in [-0.4, -0.2) is 15.9 Å². The molecule has 5 nitrogen and oxygen atoms in total. The number of thiazole rings is 1. The number of nitrogens with one attached hydrogen (secondary N) is 1. The molecule has 100 valence electrons. The number of hydrogen-bond acceptors (Lipinski definition) is 5. The number of nitrogen functional groups attached to an aromatic ring is 1. The first-order valence-electron chi connectivity index (χ1n) is 6.01. The minimum atomic E-state index is -0.171. The van der Waals surface area contributed by atoms with Crippen LogP contribution in [0.2, 0.25) is 0 Å². The molecule has 0 atom stereocenters. The highest BCUT2D eigenvalue weighted by molar-refractivity contribution is 7.22. The third-order valence-corrected chi connectivity index (χ3v) is 3.80.